The van der Waals surface area contributed by atoms with Crippen molar-refractivity contribution in [2.75, 3.05) is 13.2 Å². The summed E-state index contributed by atoms with van der Waals surface area (Å²) in [6.45, 7) is 23.0. The van der Waals surface area contributed by atoms with Crippen LogP contribution in [-0.4, -0.2) is 53.3 Å². The van der Waals surface area contributed by atoms with Crippen LogP contribution < -0.4 is 0 Å². The number of aliphatic hydroxyl groups excluding tert-OH is 1. The van der Waals surface area contributed by atoms with Gasteiger partial charge in [-0.2, -0.15) is 0 Å². The van der Waals surface area contributed by atoms with Crippen LogP contribution in [-0.2, 0) is 13.6 Å². The highest BCUT2D eigenvalue weighted by Crippen LogP contribution is 2.39. The summed E-state index contributed by atoms with van der Waals surface area (Å²) in [6, 6.07) is 0. The monoisotopic (exact) mass is 362 g/mol. The van der Waals surface area contributed by atoms with Gasteiger partial charge in [0.15, 0.2) is 16.6 Å². The van der Waals surface area contributed by atoms with Crippen LogP contribution in [0.15, 0.2) is 0 Å². The van der Waals surface area contributed by atoms with E-state index >= 15 is 0 Å². The van der Waals surface area contributed by atoms with Crippen molar-refractivity contribution in [3.8, 4) is 0 Å². The predicted molar refractivity (Wildman–Crippen MR) is 101 cm³/mol. The van der Waals surface area contributed by atoms with Crippen LogP contribution in [0.1, 0.15) is 41.5 Å². The highest BCUT2D eigenvalue weighted by Gasteiger charge is 2.46. The largest absolute Gasteiger partial charge is 0.414 e. The average molecular weight is 363 g/mol. The summed E-state index contributed by atoms with van der Waals surface area (Å²) < 4.78 is 18.3. The Morgan fingerprint density at radius 1 is 0.957 bits per heavy atom. The van der Waals surface area contributed by atoms with Crippen LogP contribution in [0, 0.1) is 0 Å². The Hall–Kier alpha value is 0.274. The Morgan fingerprint density at radius 3 is 1.87 bits per heavy atom. The summed E-state index contributed by atoms with van der Waals surface area (Å²) in [5, 5.41) is 10.9. The van der Waals surface area contributed by atoms with E-state index < -0.39 is 22.7 Å². The van der Waals surface area contributed by atoms with E-state index in [1.807, 2.05) is 0 Å². The van der Waals surface area contributed by atoms with E-state index in [9.17, 15) is 5.11 Å². The lowest BCUT2D eigenvalue weighted by atomic mass is 10.2. The molecule has 1 aliphatic heterocycles. The van der Waals surface area contributed by atoms with Crippen molar-refractivity contribution < 1.29 is 18.7 Å². The second-order valence-corrected chi connectivity index (χ2v) is 19.4. The van der Waals surface area contributed by atoms with Crippen molar-refractivity contribution in [1.29, 1.82) is 0 Å². The van der Waals surface area contributed by atoms with Crippen LogP contribution in [0.5, 0.6) is 0 Å². The van der Waals surface area contributed by atoms with E-state index in [4.69, 9.17) is 13.6 Å². The lowest BCUT2D eigenvalue weighted by molar-refractivity contribution is -0.00146. The van der Waals surface area contributed by atoms with Crippen molar-refractivity contribution >= 4 is 16.6 Å². The molecule has 0 amide bonds. The third kappa shape index (κ3) is 5.12. The molecule has 1 N–H and O–H groups in total. The molecule has 6 heteroatoms. The van der Waals surface area contributed by atoms with Gasteiger partial charge >= 0.3 is 0 Å². The van der Waals surface area contributed by atoms with Gasteiger partial charge < -0.3 is 18.7 Å². The Morgan fingerprint density at radius 2 is 1.43 bits per heavy atom. The molecule has 4 nitrogen and oxygen atoms in total. The lowest BCUT2D eigenvalue weighted by Crippen LogP contribution is -2.48. The first kappa shape index (κ1) is 21.3. The van der Waals surface area contributed by atoms with Gasteiger partial charge in [0, 0.05) is 0 Å². The maximum atomic E-state index is 10.6. The summed E-state index contributed by atoms with van der Waals surface area (Å²) in [4.78, 5) is 0. The molecule has 0 bridgehead atoms. The van der Waals surface area contributed by atoms with Gasteiger partial charge in [-0.05, 0) is 36.3 Å². The van der Waals surface area contributed by atoms with Crippen molar-refractivity contribution in [2.24, 2.45) is 0 Å². The van der Waals surface area contributed by atoms with Crippen LogP contribution in [0.4, 0.5) is 0 Å². The molecule has 1 heterocycles. The Balaban J connectivity index is 2.62. The molecule has 3 atom stereocenters. The quantitative estimate of drug-likeness (QED) is 0.746. The molecular formula is C17H38O4Si2. The molecule has 1 aliphatic rings. The summed E-state index contributed by atoms with van der Waals surface area (Å²) in [7, 11) is -3.73. The number of aliphatic hydroxyl groups is 1. The molecule has 1 saturated heterocycles. The molecule has 0 aliphatic carbocycles. The standard InChI is InChI=1S/C17H38O4Si2/c1-16(2,3)22(7,8)20-12-13-15(18)14(11-19-13)21-23(9,10)17(4,5)6/h13-15,18H,11-12H2,1-10H3/t13-,14+,15-/m1/s1. The average Bonchev–Trinajstić information content (AvgIpc) is 2.65. The van der Waals surface area contributed by atoms with Crippen LogP contribution in [0.3, 0.4) is 0 Å². The summed E-state index contributed by atoms with van der Waals surface area (Å²) in [5.74, 6) is 0. The van der Waals surface area contributed by atoms with Crippen molar-refractivity contribution in [3.05, 3.63) is 0 Å². The first-order valence-corrected chi connectivity index (χ1v) is 14.5. The van der Waals surface area contributed by atoms with Gasteiger partial charge in [0.1, 0.15) is 12.2 Å². The van der Waals surface area contributed by atoms with Gasteiger partial charge in [0.05, 0.1) is 19.3 Å². The van der Waals surface area contributed by atoms with E-state index in [1.165, 1.54) is 0 Å². The molecule has 1 fully saturated rings. The zero-order valence-corrected chi connectivity index (χ0v) is 18.8. The molecule has 138 valence electrons. The molecule has 0 aromatic heterocycles. The Bertz CT molecular complexity index is 396. The first-order valence-electron chi connectivity index (χ1n) is 8.70. The number of ether oxygens (including phenoxy) is 1. The zero-order chi connectivity index (χ0) is 18.3. The summed E-state index contributed by atoms with van der Waals surface area (Å²) >= 11 is 0. The maximum absolute atomic E-state index is 10.6. The Labute approximate surface area is 145 Å². The minimum absolute atomic E-state index is 0.127. The molecule has 0 spiro atoms. The SMILES string of the molecule is CC(C)(C)[Si](C)(C)OC[C@H]1OC[C@H](O[Si](C)(C)C(C)(C)C)[C@@H]1O. The highest BCUT2D eigenvalue weighted by atomic mass is 28.4. The van der Waals surface area contributed by atoms with E-state index in [0.29, 0.717) is 13.2 Å². The van der Waals surface area contributed by atoms with E-state index in [1.54, 1.807) is 0 Å². The fourth-order valence-electron chi connectivity index (χ4n) is 1.97. The van der Waals surface area contributed by atoms with Gasteiger partial charge in [-0.3, -0.25) is 0 Å². The van der Waals surface area contributed by atoms with E-state index in [2.05, 4.69) is 67.7 Å². The van der Waals surface area contributed by atoms with Gasteiger partial charge in [-0.25, -0.2) is 0 Å². The number of hydrogen-bond donors (Lipinski definition) is 1. The molecule has 23 heavy (non-hydrogen) atoms. The molecule has 0 aromatic carbocycles. The van der Waals surface area contributed by atoms with Crippen LogP contribution in [0.25, 0.3) is 0 Å². The number of rotatable bonds is 5. The first-order chi connectivity index (χ1) is 10.1. The third-order valence-corrected chi connectivity index (χ3v) is 14.9. The number of hydrogen-bond acceptors (Lipinski definition) is 4. The Kier molecular flexibility index (Phi) is 6.38. The fraction of sp³-hybridized carbons (Fsp3) is 1.00. The molecule has 0 radical (unpaired) electrons. The lowest BCUT2D eigenvalue weighted by Gasteiger charge is -2.39. The zero-order valence-electron chi connectivity index (χ0n) is 16.8. The van der Waals surface area contributed by atoms with Crippen LogP contribution in [0.2, 0.25) is 36.3 Å². The molecule has 0 aromatic rings. The van der Waals surface area contributed by atoms with Crippen molar-refractivity contribution in [1.82, 2.24) is 0 Å². The summed E-state index contributed by atoms with van der Waals surface area (Å²) in [5.41, 5.74) is 0. The topological polar surface area (TPSA) is 47.9 Å². The second-order valence-electron chi connectivity index (χ2n) is 9.85. The van der Waals surface area contributed by atoms with Gasteiger partial charge in [0.25, 0.3) is 0 Å². The van der Waals surface area contributed by atoms with Gasteiger partial charge in [-0.15, -0.1) is 0 Å². The smallest absolute Gasteiger partial charge is 0.192 e. The minimum Gasteiger partial charge on any atom is -0.414 e. The van der Waals surface area contributed by atoms with E-state index in [-0.39, 0.29) is 22.3 Å². The van der Waals surface area contributed by atoms with Gasteiger partial charge in [-0.1, -0.05) is 41.5 Å². The molecule has 0 unspecified atom stereocenters. The minimum atomic E-state index is -1.90. The van der Waals surface area contributed by atoms with Crippen molar-refractivity contribution in [2.45, 2.75) is 96.1 Å². The fourth-order valence-corrected chi connectivity index (χ4v) is 4.30. The second kappa shape index (κ2) is 6.88. The molecule has 1 rings (SSSR count). The highest BCUT2D eigenvalue weighted by molar-refractivity contribution is 6.74. The molecular weight excluding hydrogens is 324 g/mol. The van der Waals surface area contributed by atoms with Crippen molar-refractivity contribution in [3.63, 3.8) is 0 Å². The maximum Gasteiger partial charge on any atom is 0.192 e. The van der Waals surface area contributed by atoms with Crippen LogP contribution >= 0.6 is 0 Å². The predicted octanol–water partition coefficient (Wildman–Crippen LogP) is 4.16. The normalized spacial score (nSPS) is 27.5. The molecule has 0 saturated carbocycles. The third-order valence-electron chi connectivity index (χ3n) is 5.90. The van der Waals surface area contributed by atoms with E-state index in [0.717, 1.165) is 0 Å². The summed E-state index contributed by atoms with van der Waals surface area (Å²) in [6.07, 6.45) is -1.11. The van der Waals surface area contributed by atoms with Gasteiger partial charge in [0.2, 0.25) is 0 Å².